The van der Waals surface area contributed by atoms with E-state index in [4.69, 9.17) is 16.1 Å². The number of rotatable bonds is 7. The summed E-state index contributed by atoms with van der Waals surface area (Å²) in [6.45, 7) is 2.90. The highest BCUT2D eigenvalue weighted by Crippen LogP contribution is 2.24. The molecular formula is C20H18ClN5OS. The van der Waals surface area contributed by atoms with E-state index in [0.29, 0.717) is 22.5 Å². The number of thioether (sulfide) groups is 1. The van der Waals surface area contributed by atoms with Crippen LogP contribution in [0.4, 0.5) is 0 Å². The Morgan fingerprint density at radius 1 is 1.04 bits per heavy atom. The first-order valence-electron chi connectivity index (χ1n) is 8.90. The van der Waals surface area contributed by atoms with Crippen molar-refractivity contribution in [3.05, 3.63) is 76.8 Å². The minimum Gasteiger partial charge on any atom is -0.334 e. The lowest BCUT2D eigenvalue weighted by molar-refractivity contribution is 0.425. The molecule has 0 bridgehead atoms. The van der Waals surface area contributed by atoms with E-state index >= 15 is 0 Å². The van der Waals surface area contributed by atoms with E-state index in [-0.39, 0.29) is 0 Å². The molecule has 2 aromatic carbocycles. The third-order valence-corrected chi connectivity index (χ3v) is 5.42. The molecule has 6 nitrogen and oxygen atoms in total. The molecule has 0 aliphatic rings. The Morgan fingerprint density at radius 2 is 1.82 bits per heavy atom. The van der Waals surface area contributed by atoms with Gasteiger partial charge in [0.05, 0.1) is 5.75 Å². The van der Waals surface area contributed by atoms with E-state index in [1.54, 1.807) is 23.9 Å². The van der Waals surface area contributed by atoms with Gasteiger partial charge in [0.15, 0.2) is 11.0 Å². The molecule has 2 heterocycles. The lowest BCUT2D eigenvalue weighted by Gasteiger charge is -2.06. The minimum atomic E-state index is 0.481. The summed E-state index contributed by atoms with van der Waals surface area (Å²) in [7, 11) is 0. The van der Waals surface area contributed by atoms with Crippen molar-refractivity contribution in [3.8, 4) is 11.5 Å². The first-order valence-corrected chi connectivity index (χ1v) is 10.3. The van der Waals surface area contributed by atoms with Crippen molar-refractivity contribution >= 4 is 23.4 Å². The van der Waals surface area contributed by atoms with Crippen molar-refractivity contribution in [2.24, 2.45) is 0 Å². The Morgan fingerprint density at radius 3 is 2.57 bits per heavy atom. The van der Waals surface area contributed by atoms with Crippen molar-refractivity contribution in [2.45, 2.75) is 30.8 Å². The van der Waals surface area contributed by atoms with Crippen LogP contribution in [0.25, 0.3) is 11.5 Å². The molecule has 0 N–H and O–H groups in total. The van der Waals surface area contributed by atoms with Gasteiger partial charge in [-0.25, -0.2) is 0 Å². The summed E-state index contributed by atoms with van der Waals surface area (Å²) < 4.78 is 7.48. The van der Waals surface area contributed by atoms with Crippen LogP contribution in [-0.4, -0.2) is 24.9 Å². The fourth-order valence-corrected chi connectivity index (χ4v) is 3.79. The van der Waals surface area contributed by atoms with Crippen LogP contribution in [0.3, 0.4) is 0 Å². The van der Waals surface area contributed by atoms with Crippen LogP contribution in [0.5, 0.6) is 0 Å². The molecule has 2 aromatic heterocycles. The summed E-state index contributed by atoms with van der Waals surface area (Å²) in [4.78, 5) is 4.46. The zero-order valence-corrected chi connectivity index (χ0v) is 16.8. The highest BCUT2D eigenvalue weighted by Gasteiger charge is 2.14. The summed E-state index contributed by atoms with van der Waals surface area (Å²) >= 11 is 7.47. The second-order valence-corrected chi connectivity index (χ2v) is 7.50. The molecule has 4 aromatic rings. The second kappa shape index (κ2) is 8.58. The molecule has 0 spiro atoms. The Hall–Kier alpha value is -2.64. The summed E-state index contributed by atoms with van der Waals surface area (Å²) in [5, 5.41) is 14.3. The maximum absolute atomic E-state index is 5.92. The van der Waals surface area contributed by atoms with Gasteiger partial charge >= 0.3 is 0 Å². The van der Waals surface area contributed by atoms with E-state index < -0.39 is 0 Å². The first-order chi connectivity index (χ1) is 13.7. The maximum Gasteiger partial charge on any atom is 0.257 e. The van der Waals surface area contributed by atoms with Crippen LogP contribution >= 0.6 is 23.4 Å². The van der Waals surface area contributed by atoms with Gasteiger partial charge in [-0.2, -0.15) is 4.98 Å². The van der Waals surface area contributed by atoms with Gasteiger partial charge < -0.3 is 9.09 Å². The molecule has 0 atom stereocenters. The molecule has 8 heteroatoms. The molecule has 0 aliphatic carbocycles. The van der Waals surface area contributed by atoms with Crippen LogP contribution in [0.15, 0.2) is 64.3 Å². The zero-order chi connectivity index (χ0) is 19.3. The van der Waals surface area contributed by atoms with E-state index in [0.717, 1.165) is 29.5 Å². The van der Waals surface area contributed by atoms with Gasteiger partial charge in [-0.15, -0.1) is 10.2 Å². The van der Waals surface area contributed by atoms with E-state index in [2.05, 4.69) is 44.0 Å². The van der Waals surface area contributed by atoms with Gasteiger partial charge in [-0.1, -0.05) is 58.9 Å². The average molecular weight is 412 g/mol. The first kappa shape index (κ1) is 18.7. The van der Waals surface area contributed by atoms with Gasteiger partial charge in [0, 0.05) is 23.6 Å². The van der Waals surface area contributed by atoms with Gasteiger partial charge in [0.2, 0.25) is 0 Å². The molecule has 0 radical (unpaired) electrons. The molecule has 0 aliphatic heterocycles. The second-order valence-electron chi connectivity index (χ2n) is 6.12. The highest BCUT2D eigenvalue weighted by atomic mass is 35.5. The van der Waals surface area contributed by atoms with Gasteiger partial charge in [0.1, 0.15) is 5.82 Å². The molecule has 0 fully saturated rings. The van der Waals surface area contributed by atoms with Gasteiger partial charge in [-0.3, -0.25) is 0 Å². The Labute approximate surface area is 172 Å². The van der Waals surface area contributed by atoms with Crippen LogP contribution in [0.1, 0.15) is 24.1 Å². The fourth-order valence-electron chi connectivity index (χ4n) is 2.80. The summed E-state index contributed by atoms with van der Waals surface area (Å²) in [5.41, 5.74) is 2.06. The largest absolute Gasteiger partial charge is 0.334 e. The highest BCUT2D eigenvalue weighted by molar-refractivity contribution is 7.98. The molecule has 4 rings (SSSR count). The Kier molecular flexibility index (Phi) is 5.73. The Bertz CT molecular complexity index is 1050. The van der Waals surface area contributed by atoms with Crippen LogP contribution in [0.2, 0.25) is 5.02 Å². The van der Waals surface area contributed by atoms with Crippen LogP contribution in [-0.2, 0) is 18.7 Å². The molecule has 0 saturated heterocycles. The molecule has 0 saturated carbocycles. The maximum atomic E-state index is 5.92. The van der Waals surface area contributed by atoms with Crippen molar-refractivity contribution in [1.29, 1.82) is 0 Å². The van der Waals surface area contributed by atoms with Crippen LogP contribution < -0.4 is 0 Å². The smallest absolute Gasteiger partial charge is 0.257 e. The predicted octanol–water partition coefficient (Wildman–Crippen LogP) is 4.88. The van der Waals surface area contributed by atoms with Gasteiger partial charge in [-0.05, 0) is 36.8 Å². The quantitative estimate of drug-likeness (QED) is 0.403. The Balaban J connectivity index is 1.44. The number of hydrogen-bond acceptors (Lipinski definition) is 6. The third kappa shape index (κ3) is 4.26. The number of benzene rings is 2. The summed E-state index contributed by atoms with van der Waals surface area (Å²) in [6.07, 6.45) is 0.755. The normalized spacial score (nSPS) is 11.1. The minimum absolute atomic E-state index is 0.481. The standard InChI is InChI=1S/C20H18ClN5OS/c1-2-26-18(12-14-6-4-3-5-7-14)23-24-20(26)28-13-17-22-19(27-25-17)15-8-10-16(21)11-9-15/h3-11H,2,12-13H2,1H3. The van der Waals surface area contributed by atoms with Crippen LogP contribution in [0, 0.1) is 0 Å². The molecule has 28 heavy (non-hydrogen) atoms. The van der Waals surface area contributed by atoms with Crippen molar-refractivity contribution < 1.29 is 4.52 Å². The van der Waals surface area contributed by atoms with Crippen molar-refractivity contribution in [1.82, 2.24) is 24.9 Å². The molecule has 142 valence electrons. The summed E-state index contributed by atoms with van der Waals surface area (Å²) in [6, 6.07) is 17.6. The molecule has 0 unspecified atom stereocenters. The topological polar surface area (TPSA) is 69.6 Å². The summed E-state index contributed by atoms with van der Waals surface area (Å²) in [5.74, 6) is 2.60. The average Bonchev–Trinajstić information content (AvgIpc) is 3.34. The molecule has 0 amide bonds. The van der Waals surface area contributed by atoms with E-state index in [1.807, 2.05) is 30.3 Å². The SMILES string of the molecule is CCn1c(Cc2ccccc2)nnc1SCc1noc(-c2ccc(Cl)cc2)n1. The fraction of sp³-hybridized carbons (Fsp3) is 0.200. The van der Waals surface area contributed by atoms with Gasteiger partial charge in [0.25, 0.3) is 5.89 Å². The lowest BCUT2D eigenvalue weighted by Crippen LogP contribution is -2.04. The number of nitrogens with zero attached hydrogens (tertiary/aromatic N) is 5. The predicted molar refractivity (Wildman–Crippen MR) is 109 cm³/mol. The molecular weight excluding hydrogens is 394 g/mol. The number of aromatic nitrogens is 5. The lowest BCUT2D eigenvalue weighted by atomic mass is 10.1. The third-order valence-electron chi connectivity index (χ3n) is 4.20. The monoisotopic (exact) mass is 411 g/mol. The van der Waals surface area contributed by atoms with Crippen molar-refractivity contribution in [2.75, 3.05) is 0 Å². The van der Waals surface area contributed by atoms with E-state index in [9.17, 15) is 0 Å². The van der Waals surface area contributed by atoms with E-state index in [1.165, 1.54) is 5.56 Å². The number of halogens is 1. The zero-order valence-electron chi connectivity index (χ0n) is 15.2. The number of hydrogen-bond donors (Lipinski definition) is 0. The van der Waals surface area contributed by atoms with Crippen molar-refractivity contribution in [3.63, 3.8) is 0 Å².